The summed E-state index contributed by atoms with van der Waals surface area (Å²) in [7, 11) is 0. The van der Waals surface area contributed by atoms with E-state index in [1.165, 1.54) is 25.7 Å². The molecular formula is C17H22BrNO2. The van der Waals surface area contributed by atoms with Gasteiger partial charge in [-0.3, -0.25) is 9.59 Å². The van der Waals surface area contributed by atoms with Crippen molar-refractivity contribution in [2.24, 2.45) is 5.92 Å². The zero-order valence-electron chi connectivity index (χ0n) is 12.2. The van der Waals surface area contributed by atoms with Crippen molar-refractivity contribution in [2.45, 2.75) is 44.9 Å². The molecule has 1 fully saturated rings. The zero-order valence-corrected chi connectivity index (χ0v) is 13.8. The van der Waals surface area contributed by atoms with Gasteiger partial charge >= 0.3 is 0 Å². The number of hydrogen-bond donors (Lipinski definition) is 1. The number of ketones is 1. The van der Waals surface area contributed by atoms with E-state index in [1.54, 1.807) is 0 Å². The maximum absolute atomic E-state index is 12.0. The standard InChI is InChI=1S/C17H22BrNO2/c18-15-10-8-14(9-11-15)16(20)6-3-7-17(21)19-12-13-4-1-2-5-13/h8-11,13H,1-7,12H2,(H,19,21). The number of Topliss-reactive ketones (excluding diaryl/α,β-unsaturated/α-hetero) is 1. The van der Waals surface area contributed by atoms with Gasteiger partial charge in [0, 0.05) is 29.4 Å². The van der Waals surface area contributed by atoms with Crippen LogP contribution in [0.2, 0.25) is 0 Å². The first-order valence-electron chi connectivity index (χ1n) is 7.70. The SMILES string of the molecule is O=C(CCCC(=O)c1ccc(Br)cc1)NCC1CCCC1. The molecule has 1 aliphatic carbocycles. The molecule has 0 unspecified atom stereocenters. The second-order valence-electron chi connectivity index (χ2n) is 5.74. The molecule has 1 amide bonds. The van der Waals surface area contributed by atoms with Gasteiger partial charge in [-0.05, 0) is 37.3 Å². The van der Waals surface area contributed by atoms with E-state index in [0.29, 0.717) is 30.7 Å². The Balaban J connectivity index is 1.62. The van der Waals surface area contributed by atoms with Crippen LogP contribution in [0.25, 0.3) is 0 Å². The fraction of sp³-hybridized carbons (Fsp3) is 0.529. The van der Waals surface area contributed by atoms with Gasteiger partial charge in [0.1, 0.15) is 0 Å². The van der Waals surface area contributed by atoms with Gasteiger partial charge < -0.3 is 5.32 Å². The number of benzene rings is 1. The molecule has 0 spiro atoms. The van der Waals surface area contributed by atoms with E-state index in [1.807, 2.05) is 24.3 Å². The molecule has 0 aliphatic heterocycles. The molecular weight excluding hydrogens is 330 g/mol. The fourth-order valence-corrected chi connectivity index (χ4v) is 3.02. The molecule has 0 atom stereocenters. The van der Waals surface area contributed by atoms with Gasteiger partial charge in [0.2, 0.25) is 5.91 Å². The Hall–Kier alpha value is -1.16. The Morgan fingerprint density at radius 1 is 1.10 bits per heavy atom. The Morgan fingerprint density at radius 2 is 1.76 bits per heavy atom. The third-order valence-electron chi connectivity index (χ3n) is 4.04. The summed E-state index contributed by atoms with van der Waals surface area (Å²) in [5.74, 6) is 0.843. The van der Waals surface area contributed by atoms with Crippen LogP contribution in [0.3, 0.4) is 0 Å². The molecule has 0 aromatic heterocycles. The van der Waals surface area contributed by atoms with E-state index >= 15 is 0 Å². The van der Waals surface area contributed by atoms with Gasteiger partial charge in [-0.1, -0.05) is 40.9 Å². The molecule has 1 N–H and O–H groups in total. The summed E-state index contributed by atoms with van der Waals surface area (Å²) in [6.07, 6.45) is 6.55. The molecule has 2 rings (SSSR count). The van der Waals surface area contributed by atoms with Crippen LogP contribution in [0.5, 0.6) is 0 Å². The van der Waals surface area contributed by atoms with Crippen molar-refractivity contribution in [3.63, 3.8) is 0 Å². The lowest BCUT2D eigenvalue weighted by Crippen LogP contribution is -2.28. The van der Waals surface area contributed by atoms with Gasteiger partial charge in [-0.25, -0.2) is 0 Å². The van der Waals surface area contributed by atoms with Crippen molar-refractivity contribution in [2.75, 3.05) is 6.54 Å². The minimum absolute atomic E-state index is 0.0745. The Kier molecular flexibility index (Phi) is 6.43. The van der Waals surface area contributed by atoms with Crippen LogP contribution in [0.1, 0.15) is 55.3 Å². The minimum Gasteiger partial charge on any atom is -0.356 e. The number of carbonyl (C=O) groups excluding carboxylic acids is 2. The molecule has 21 heavy (non-hydrogen) atoms. The second kappa shape index (κ2) is 8.32. The molecule has 0 bridgehead atoms. The molecule has 4 heteroatoms. The summed E-state index contributed by atoms with van der Waals surface area (Å²) >= 11 is 3.35. The molecule has 1 aromatic rings. The van der Waals surface area contributed by atoms with Gasteiger partial charge in [-0.2, -0.15) is 0 Å². The molecule has 0 radical (unpaired) electrons. The molecule has 114 valence electrons. The molecule has 1 saturated carbocycles. The Labute approximate surface area is 134 Å². The van der Waals surface area contributed by atoms with E-state index < -0.39 is 0 Å². The highest BCUT2D eigenvalue weighted by molar-refractivity contribution is 9.10. The smallest absolute Gasteiger partial charge is 0.220 e. The Morgan fingerprint density at radius 3 is 2.43 bits per heavy atom. The molecule has 1 aliphatic rings. The van der Waals surface area contributed by atoms with Crippen molar-refractivity contribution in [3.8, 4) is 0 Å². The van der Waals surface area contributed by atoms with Gasteiger partial charge in [0.15, 0.2) is 5.78 Å². The lowest BCUT2D eigenvalue weighted by molar-refractivity contribution is -0.121. The third-order valence-corrected chi connectivity index (χ3v) is 4.57. The summed E-state index contributed by atoms with van der Waals surface area (Å²) < 4.78 is 0.963. The van der Waals surface area contributed by atoms with Crippen LogP contribution in [-0.2, 0) is 4.79 Å². The van der Waals surface area contributed by atoms with Crippen molar-refractivity contribution >= 4 is 27.6 Å². The molecule has 0 heterocycles. The number of halogens is 1. The van der Waals surface area contributed by atoms with E-state index in [-0.39, 0.29) is 11.7 Å². The van der Waals surface area contributed by atoms with E-state index in [9.17, 15) is 9.59 Å². The first-order chi connectivity index (χ1) is 10.1. The molecule has 1 aromatic carbocycles. The Bertz CT molecular complexity index is 478. The summed E-state index contributed by atoms with van der Waals surface area (Å²) in [6, 6.07) is 7.35. The summed E-state index contributed by atoms with van der Waals surface area (Å²) in [5, 5.41) is 2.99. The first-order valence-corrected chi connectivity index (χ1v) is 8.50. The highest BCUT2D eigenvalue weighted by Crippen LogP contribution is 2.23. The van der Waals surface area contributed by atoms with Crippen LogP contribution < -0.4 is 5.32 Å². The van der Waals surface area contributed by atoms with Crippen LogP contribution in [0, 0.1) is 5.92 Å². The highest BCUT2D eigenvalue weighted by Gasteiger charge is 2.15. The van der Waals surface area contributed by atoms with Gasteiger partial charge in [-0.15, -0.1) is 0 Å². The predicted octanol–water partition coefficient (Wildman–Crippen LogP) is 4.11. The number of rotatable bonds is 7. The summed E-state index contributed by atoms with van der Waals surface area (Å²) in [6.45, 7) is 0.805. The van der Waals surface area contributed by atoms with Crippen LogP contribution in [-0.4, -0.2) is 18.2 Å². The summed E-state index contributed by atoms with van der Waals surface area (Å²) in [5.41, 5.74) is 0.713. The maximum Gasteiger partial charge on any atom is 0.220 e. The normalized spacial score (nSPS) is 15.1. The van der Waals surface area contributed by atoms with Crippen LogP contribution in [0.4, 0.5) is 0 Å². The van der Waals surface area contributed by atoms with Crippen molar-refractivity contribution in [3.05, 3.63) is 34.3 Å². The van der Waals surface area contributed by atoms with Gasteiger partial charge in [0.05, 0.1) is 0 Å². The monoisotopic (exact) mass is 351 g/mol. The topological polar surface area (TPSA) is 46.2 Å². The predicted molar refractivity (Wildman–Crippen MR) is 87.3 cm³/mol. The quantitative estimate of drug-likeness (QED) is 0.751. The van der Waals surface area contributed by atoms with Crippen LogP contribution in [0.15, 0.2) is 28.7 Å². The van der Waals surface area contributed by atoms with Gasteiger partial charge in [0.25, 0.3) is 0 Å². The number of hydrogen-bond acceptors (Lipinski definition) is 2. The average Bonchev–Trinajstić information content (AvgIpc) is 2.99. The zero-order chi connectivity index (χ0) is 15.1. The van der Waals surface area contributed by atoms with E-state index in [4.69, 9.17) is 0 Å². The number of nitrogens with one attached hydrogen (secondary N) is 1. The van der Waals surface area contributed by atoms with Crippen molar-refractivity contribution in [1.82, 2.24) is 5.32 Å². The minimum atomic E-state index is 0.0745. The first kappa shape index (κ1) is 16.2. The molecule has 3 nitrogen and oxygen atoms in total. The second-order valence-corrected chi connectivity index (χ2v) is 6.65. The molecule has 0 saturated heterocycles. The lowest BCUT2D eigenvalue weighted by atomic mass is 10.1. The third kappa shape index (κ3) is 5.62. The summed E-state index contributed by atoms with van der Waals surface area (Å²) in [4.78, 5) is 23.7. The maximum atomic E-state index is 12.0. The highest BCUT2D eigenvalue weighted by atomic mass is 79.9. The average molecular weight is 352 g/mol. The largest absolute Gasteiger partial charge is 0.356 e. The number of amides is 1. The van der Waals surface area contributed by atoms with E-state index in [2.05, 4.69) is 21.2 Å². The van der Waals surface area contributed by atoms with Crippen molar-refractivity contribution < 1.29 is 9.59 Å². The van der Waals surface area contributed by atoms with E-state index in [0.717, 1.165) is 11.0 Å². The van der Waals surface area contributed by atoms with Crippen LogP contribution >= 0.6 is 15.9 Å². The van der Waals surface area contributed by atoms with Crippen molar-refractivity contribution in [1.29, 1.82) is 0 Å². The lowest BCUT2D eigenvalue weighted by Gasteiger charge is -2.10. The fourth-order valence-electron chi connectivity index (χ4n) is 2.75. The number of carbonyl (C=O) groups is 2.